The molecule has 0 bridgehead atoms. The van der Waals surface area contributed by atoms with Gasteiger partial charge in [0.25, 0.3) is 0 Å². The lowest BCUT2D eigenvalue weighted by Gasteiger charge is -2.10. The molecule has 0 amide bonds. The van der Waals surface area contributed by atoms with E-state index in [1.807, 2.05) is 24.3 Å². The number of rotatable bonds is 9. The van der Waals surface area contributed by atoms with Crippen molar-refractivity contribution in [3.8, 4) is 0 Å². The average molecular weight is 364 g/mol. The van der Waals surface area contributed by atoms with Gasteiger partial charge in [0.2, 0.25) is 0 Å². The van der Waals surface area contributed by atoms with E-state index in [2.05, 4.69) is 5.32 Å². The number of anilines is 1. The number of aliphatic hydroxyl groups excluding tert-OH is 2. The van der Waals surface area contributed by atoms with Gasteiger partial charge in [0.1, 0.15) is 12.7 Å². The quantitative estimate of drug-likeness (QED) is 0.471. The molecule has 0 aromatic heterocycles. The van der Waals surface area contributed by atoms with Crippen molar-refractivity contribution >= 4 is 23.3 Å². The van der Waals surface area contributed by atoms with Crippen LogP contribution in [-0.2, 0) is 11.2 Å². The van der Waals surface area contributed by atoms with Crippen LogP contribution in [-0.4, -0.2) is 42.0 Å². The maximum absolute atomic E-state index is 11.8. The van der Waals surface area contributed by atoms with E-state index in [-0.39, 0.29) is 6.61 Å². The molecule has 5 nitrogen and oxygen atoms in total. The van der Waals surface area contributed by atoms with Gasteiger partial charge in [-0.25, -0.2) is 4.79 Å². The first-order chi connectivity index (χ1) is 12.1. The fourth-order valence-electron chi connectivity index (χ4n) is 2.21. The van der Waals surface area contributed by atoms with E-state index in [4.69, 9.17) is 21.4 Å². The van der Waals surface area contributed by atoms with Crippen LogP contribution >= 0.6 is 11.6 Å². The number of ether oxygens (including phenoxy) is 1. The second-order valence-electron chi connectivity index (χ2n) is 5.67. The van der Waals surface area contributed by atoms with Gasteiger partial charge >= 0.3 is 5.97 Å². The highest BCUT2D eigenvalue weighted by atomic mass is 35.5. The van der Waals surface area contributed by atoms with Crippen molar-refractivity contribution in [3.05, 3.63) is 64.7 Å². The molecule has 0 saturated carbocycles. The number of nitrogens with one attached hydrogen (secondary N) is 1. The summed E-state index contributed by atoms with van der Waals surface area (Å²) in [6.45, 7) is 0.154. The molecule has 0 aliphatic heterocycles. The Bertz CT molecular complexity index is 658. The molecule has 2 rings (SSSR count). The lowest BCUT2D eigenvalue weighted by atomic mass is 10.1. The molecular formula is C19H22ClNO4. The highest BCUT2D eigenvalue weighted by Crippen LogP contribution is 2.13. The van der Waals surface area contributed by atoms with Crippen LogP contribution in [0.4, 0.5) is 5.69 Å². The molecular weight excluding hydrogens is 342 g/mol. The molecule has 0 unspecified atom stereocenters. The normalized spacial score (nSPS) is 11.8. The van der Waals surface area contributed by atoms with E-state index >= 15 is 0 Å². The van der Waals surface area contributed by atoms with Gasteiger partial charge < -0.3 is 20.3 Å². The smallest absolute Gasteiger partial charge is 0.338 e. The molecule has 0 aliphatic rings. The highest BCUT2D eigenvalue weighted by Gasteiger charge is 2.10. The lowest BCUT2D eigenvalue weighted by Crippen LogP contribution is -2.21. The monoisotopic (exact) mass is 363 g/mol. The molecule has 25 heavy (non-hydrogen) atoms. The average Bonchev–Trinajstić information content (AvgIpc) is 2.65. The second kappa shape index (κ2) is 10.0. The van der Waals surface area contributed by atoms with Crippen LogP contribution in [0.2, 0.25) is 5.02 Å². The number of aryl methyl sites for hydroxylation is 1. The van der Waals surface area contributed by atoms with Gasteiger partial charge in [-0.3, -0.25) is 0 Å². The minimum Gasteiger partial charge on any atom is -0.459 e. The SMILES string of the molecule is O=C(OC[C@H](O)CO)c1ccc(NCCCc2ccc(Cl)cc2)cc1. The van der Waals surface area contributed by atoms with Crippen molar-refractivity contribution in [2.75, 3.05) is 25.1 Å². The third-order valence-electron chi connectivity index (χ3n) is 3.62. The minimum absolute atomic E-state index is 0.222. The summed E-state index contributed by atoms with van der Waals surface area (Å²) in [6, 6.07) is 14.8. The Kier molecular flexibility index (Phi) is 7.73. The zero-order valence-corrected chi connectivity index (χ0v) is 14.6. The highest BCUT2D eigenvalue weighted by molar-refractivity contribution is 6.30. The van der Waals surface area contributed by atoms with Crippen molar-refractivity contribution in [1.82, 2.24) is 0 Å². The van der Waals surface area contributed by atoms with Crippen LogP contribution in [0.25, 0.3) is 0 Å². The summed E-state index contributed by atoms with van der Waals surface area (Å²) in [5.74, 6) is -0.526. The predicted molar refractivity (Wildman–Crippen MR) is 98.1 cm³/mol. The lowest BCUT2D eigenvalue weighted by molar-refractivity contribution is 0.00933. The topological polar surface area (TPSA) is 78.8 Å². The molecule has 0 radical (unpaired) electrons. The van der Waals surface area contributed by atoms with Crippen LogP contribution in [0.15, 0.2) is 48.5 Å². The Morgan fingerprint density at radius 1 is 1.12 bits per heavy atom. The fourth-order valence-corrected chi connectivity index (χ4v) is 2.33. The number of carbonyl (C=O) groups excluding carboxylic acids is 1. The maximum Gasteiger partial charge on any atom is 0.338 e. The zero-order chi connectivity index (χ0) is 18.1. The summed E-state index contributed by atoms with van der Waals surface area (Å²) in [7, 11) is 0. The van der Waals surface area contributed by atoms with Gasteiger partial charge in [0.05, 0.1) is 12.2 Å². The van der Waals surface area contributed by atoms with Gasteiger partial charge in [-0.15, -0.1) is 0 Å². The summed E-state index contributed by atoms with van der Waals surface area (Å²) in [5, 5.41) is 21.9. The molecule has 0 heterocycles. The fraction of sp³-hybridized carbons (Fsp3) is 0.316. The first-order valence-corrected chi connectivity index (χ1v) is 8.50. The Labute approximate surface area is 152 Å². The number of aliphatic hydroxyl groups is 2. The number of carbonyl (C=O) groups is 1. The van der Waals surface area contributed by atoms with E-state index in [0.29, 0.717) is 5.56 Å². The summed E-state index contributed by atoms with van der Waals surface area (Å²) >= 11 is 5.86. The Balaban J connectivity index is 1.72. The molecule has 0 aliphatic carbocycles. The van der Waals surface area contributed by atoms with Crippen molar-refractivity contribution in [3.63, 3.8) is 0 Å². The molecule has 3 N–H and O–H groups in total. The molecule has 134 valence electrons. The summed E-state index contributed by atoms with van der Waals surface area (Å²) in [5.41, 5.74) is 2.56. The third kappa shape index (κ3) is 6.74. The number of hydrogen-bond donors (Lipinski definition) is 3. The van der Waals surface area contributed by atoms with E-state index in [1.54, 1.807) is 24.3 Å². The van der Waals surface area contributed by atoms with Crippen LogP contribution < -0.4 is 5.32 Å². The second-order valence-corrected chi connectivity index (χ2v) is 6.11. The van der Waals surface area contributed by atoms with Crippen molar-refractivity contribution in [2.45, 2.75) is 18.9 Å². The van der Waals surface area contributed by atoms with Gasteiger partial charge in [-0.2, -0.15) is 0 Å². The van der Waals surface area contributed by atoms with E-state index in [0.717, 1.165) is 30.1 Å². The standard InChI is InChI=1S/C19H22ClNO4/c20-16-7-3-14(4-8-16)2-1-11-21-17-9-5-15(6-10-17)19(24)25-13-18(23)12-22/h3-10,18,21-23H,1-2,11-13H2/t18-/m1/s1. The van der Waals surface area contributed by atoms with Gasteiger partial charge in [0, 0.05) is 17.3 Å². The van der Waals surface area contributed by atoms with Crippen LogP contribution in [0.1, 0.15) is 22.3 Å². The Morgan fingerprint density at radius 2 is 1.80 bits per heavy atom. The largest absolute Gasteiger partial charge is 0.459 e. The van der Waals surface area contributed by atoms with Crippen LogP contribution in [0.5, 0.6) is 0 Å². The molecule has 6 heteroatoms. The molecule has 0 spiro atoms. The predicted octanol–water partition coefficient (Wildman–Crippen LogP) is 2.89. The van der Waals surface area contributed by atoms with E-state index in [1.165, 1.54) is 5.56 Å². The summed E-state index contributed by atoms with van der Waals surface area (Å²) < 4.78 is 4.90. The van der Waals surface area contributed by atoms with Crippen molar-refractivity contribution < 1.29 is 19.7 Å². The van der Waals surface area contributed by atoms with E-state index in [9.17, 15) is 9.90 Å². The number of benzene rings is 2. The van der Waals surface area contributed by atoms with Crippen LogP contribution in [0, 0.1) is 0 Å². The molecule has 2 aromatic rings. The molecule has 0 fully saturated rings. The Morgan fingerprint density at radius 3 is 2.44 bits per heavy atom. The summed E-state index contributed by atoms with van der Waals surface area (Å²) in [4.78, 5) is 11.8. The van der Waals surface area contributed by atoms with Gasteiger partial charge in [-0.1, -0.05) is 23.7 Å². The number of halogens is 1. The molecule has 1 atom stereocenters. The first-order valence-electron chi connectivity index (χ1n) is 8.13. The van der Waals surface area contributed by atoms with Crippen molar-refractivity contribution in [1.29, 1.82) is 0 Å². The van der Waals surface area contributed by atoms with Crippen molar-refractivity contribution in [2.24, 2.45) is 0 Å². The van der Waals surface area contributed by atoms with Gasteiger partial charge in [-0.05, 0) is 54.8 Å². The summed E-state index contributed by atoms with van der Waals surface area (Å²) in [6.07, 6.45) is 0.886. The number of hydrogen-bond acceptors (Lipinski definition) is 5. The van der Waals surface area contributed by atoms with Gasteiger partial charge in [0.15, 0.2) is 0 Å². The molecule has 2 aromatic carbocycles. The third-order valence-corrected chi connectivity index (χ3v) is 3.87. The van der Waals surface area contributed by atoms with E-state index < -0.39 is 18.7 Å². The minimum atomic E-state index is -1.05. The Hall–Kier alpha value is -2.08. The maximum atomic E-state index is 11.8. The zero-order valence-electron chi connectivity index (χ0n) is 13.8. The number of esters is 1. The molecule has 0 saturated heterocycles. The van der Waals surface area contributed by atoms with Crippen LogP contribution in [0.3, 0.4) is 0 Å². The first kappa shape index (κ1) is 19.2.